The summed E-state index contributed by atoms with van der Waals surface area (Å²) in [6.07, 6.45) is 2.88. The standard InChI is InChI=1S/C24H30N2O3/c25-14-7-15-26-16-12-19(13-17-26)22(18-26)29-23(27)24(28,20-8-3-1-4-9-20)21-10-5-2-6-11-21/h1-6,8-11,19,22H,7,12-18,25H2. The molecule has 3 heterocycles. The lowest BCUT2D eigenvalue weighted by Crippen LogP contribution is -2.65. The van der Waals surface area contributed by atoms with Crippen LogP contribution in [-0.4, -0.2) is 49.3 Å². The highest BCUT2D eigenvalue weighted by molar-refractivity contribution is 5.85. The zero-order valence-corrected chi connectivity index (χ0v) is 16.8. The number of quaternary nitrogens is 1. The van der Waals surface area contributed by atoms with Gasteiger partial charge in [0.1, 0.15) is 6.54 Å². The Morgan fingerprint density at radius 2 is 1.59 bits per heavy atom. The molecule has 1 atom stereocenters. The van der Waals surface area contributed by atoms with E-state index in [1.807, 2.05) is 12.1 Å². The highest BCUT2D eigenvalue weighted by Crippen LogP contribution is 2.37. The maximum Gasteiger partial charge on any atom is 0.304 e. The Balaban J connectivity index is 1.59. The van der Waals surface area contributed by atoms with Gasteiger partial charge in [-0.2, -0.15) is 0 Å². The first kappa shape index (κ1) is 20.1. The summed E-state index contributed by atoms with van der Waals surface area (Å²) in [6, 6.07) is 17.7. The Kier molecular flexibility index (Phi) is 5.72. The number of fused-ring (bicyclic) bond motifs is 3. The molecule has 2 aromatic rings. The zero-order chi connectivity index (χ0) is 20.3. The van der Waals surface area contributed by atoms with Gasteiger partial charge in [-0.1, -0.05) is 60.7 Å². The molecule has 5 nitrogen and oxygen atoms in total. The minimum atomic E-state index is -2.06. The molecule has 5 rings (SSSR count). The van der Waals surface area contributed by atoms with Crippen LogP contribution < -0.4 is 10.8 Å². The second-order valence-electron chi connectivity index (χ2n) is 8.53. The number of carbonyl (C=O) groups excluding carboxylic acids is 1. The van der Waals surface area contributed by atoms with Gasteiger partial charge < -0.3 is 20.1 Å². The third kappa shape index (κ3) is 3.82. The van der Waals surface area contributed by atoms with Crippen molar-refractivity contribution >= 4 is 5.97 Å². The molecule has 3 saturated heterocycles. The van der Waals surface area contributed by atoms with Gasteiger partial charge in [-0.05, 0) is 17.7 Å². The van der Waals surface area contributed by atoms with Crippen LogP contribution in [0.2, 0.25) is 0 Å². The quantitative estimate of drug-likeness (QED) is 0.574. The number of nitrogens with zero attached hydrogens (tertiary/aromatic N) is 1. The van der Waals surface area contributed by atoms with E-state index in [2.05, 4.69) is 0 Å². The molecule has 3 fully saturated rings. The van der Waals surface area contributed by atoms with Crippen LogP contribution in [0, 0.1) is 5.92 Å². The molecule has 2 aromatic carbocycles. The van der Waals surface area contributed by atoms with E-state index in [4.69, 9.17) is 10.5 Å². The topological polar surface area (TPSA) is 75.4 Å². The molecule has 154 valence electrons. The van der Waals surface area contributed by atoms with Crippen molar-refractivity contribution in [3.63, 3.8) is 0 Å². The highest BCUT2D eigenvalue weighted by atomic mass is 16.6. The molecule has 2 bridgehead atoms. The van der Waals surface area contributed by atoms with Crippen molar-refractivity contribution in [1.82, 2.24) is 0 Å². The van der Waals surface area contributed by atoms with Crippen LogP contribution >= 0.6 is 0 Å². The lowest BCUT2D eigenvalue weighted by atomic mass is 9.82. The molecule has 3 aliphatic rings. The SMILES string of the molecule is NCCC[N+]12CCC(CC1)C(OC(=O)C([O-])(c1ccccc1)c1ccccc1)C2. The minimum absolute atomic E-state index is 0.191. The Hall–Kier alpha value is -2.21. The maximum absolute atomic E-state index is 14.0. The molecular weight excluding hydrogens is 364 g/mol. The van der Waals surface area contributed by atoms with Gasteiger partial charge in [-0.15, -0.1) is 0 Å². The average Bonchev–Trinajstić information content (AvgIpc) is 2.79. The average molecular weight is 395 g/mol. The minimum Gasteiger partial charge on any atom is -0.834 e. The van der Waals surface area contributed by atoms with E-state index in [9.17, 15) is 9.90 Å². The molecule has 29 heavy (non-hydrogen) atoms. The molecule has 3 aliphatic heterocycles. The van der Waals surface area contributed by atoms with Gasteiger partial charge in [0.15, 0.2) is 6.10 Å². The fraction of sp³-hybridized carbons (Fsp3) is 0.458. The molecule has 0 spiro atoms. The molecule has 5 heteroatoms. The molecule has 0 aromatic heterocycles. The van der Waals surface area contributed by atoms with Gasteiger partial charge in [0.2, 0.25) is 0 Å². The van der Waals surface area contributed by atoms with E-state index in [1.54, 1.807) is 48.5 Å². The lowest BCUT2D eigenvalue weighted by molar-refractivity contribution is -0.946. The van der Waals surface area contributed by atoms with Crippen LogP contribution in [0.25, 0.3) is 0 Å². The molecular formula is C24H30N2O3. The van der Waals surface area contributed by atoms with Crippen LogP contribution in [0.4, 0.5) is 0 Å². The summed E-state index contributed by atoms with van der Waals surface area (Å²) in [4.78, 5) is 13.4. The molecule has 2 N–H and O–H groups in total. The van der Waals surface area contributed by atoms with E-state index < -0.39 is 11.6 Å². The van der Waals surface area contributed by atoms with Crippen molar-refractivity contribution in [2.45, 2.75) is 31.0 Å². The normalized spacial score (nSPS) is 26.3. The number of esters is 1. The number of benzene rings is 2. The summed E-state index contributed by atoms with van der Waals surface area (Å²) in [5, 5.41) is 14.0. The monoisotopic (exact) mass is 394 g/mol. The predicted octanol–water partition coefficient (Wildman–Crippen LogP) is 1.79. The molecule has 1 unspecified atom stereocenters. The van der Waals surface area contributed by atoms with Crippen LogP contribution in [0.15, 0.2) is 60.7 Å². The van der Waals surface area contributed by atoms with Gasteiger partial charge in [0.05, 0.1) is 19.6 Å². The van der Waals surface area contributed by atoms with E-state index in [-0.39, 0.29) is 6.10 Å². The number of piperidine rings is 3. The van der Waals surface area contributed by atoms with Gasteiger partial charge >= 0.3 is 5.97 Å². The molecule has 0 radical (unpaired) electrons. The van der Waals surface area contributed by atoms with E-state index in [0.717, 1.165) is 49.9 Å². The summed E-state index contributed by atoms with van der Waals surface area (Å²) >= 11 is 0. The maximum atomic E-state index is 14.0. The summed E-state index contributed by atoms with van der Waals surface area (Å²) in [5.41, 5.74) is 4.52. The summed E-state index contributed by atoms with van der Waals surface area (Å²) in [7, 11) is 0. The number of hydrogen-bond acceptors (Lipinski definition) is 4. The van der Waals surface area contributed by atoms with Crippen LogP contribution in [0.3, 0.4) is 0 Å². The Labute approximate surface area is 172 Å². The number of carbonyl (C=O) groups is 1. The summed E-state index contributed by atoms with van der Waals surface area (Å²) < 4.78 is 6.97. The fourth-order valence-electron chi connectivity index (χ4n) is 5.06. The highest BCUT2D eigenvalue weighted by Gasteiger charge is 2.48. The Bertz CT molecular complexity index is 777. The Morgan fingerprint density at radius 1 is 1.03 bits per heavy atom. The van der Waals surface area contributed by atoms with Crippen LogP contribution in [0.5, 0.6) is 0 Å². The van der Waals surface area contributed by atoms with Crippen LogP contribution in [-0.2, 0) is 15.1 Å². The summed E-state index contributed by atoms with van der Waals surface area (Å²) in [6.45, 7) is 4.75. The van der Waals surface area contributed by atoms with Crippen molar-refractivity contribution < 1.29 is 19.1 Å². The van der Waals surface area contributed by atoms with Crippen molar-refractivity contribution in [1.29, 1.82) is 0 Å². The van der Waals surface area contributed by atoms with E-state index in [1.165, 1.54) is 0 Å². The number of rotatable bonds is 7. The van der Waals surface area contributed by atoms with Crippen molar-refractivity contribution in [3.05, 3.63) is 71.8 Å². The molecule has 0 aliphatic carbocycles. The van der Waals surface area contributed by atoms with E-state index in [0.29, 0.717) is 23.6 Å². The molecule has 0 saturated carbocycles. The third-order valence-electron chi connectivity index (χ3n) is 6.78. The smallest absolute Gasteiger partial charge is 0.304 e. The first-order valence-electron chi connectivity index (χ1n) is 10.7. The van der Waals surface area contributed by atoms with E-state index >= 15 is 0 Å². The fourth-order valence-corrected chi connectivity index (χ4v) is 5.06. The van der Waals surface area contributed by atoms with Gasteiger partial charge in [-0.3, -0.25) is 4.79 Å². The first-order chi connectivity index (χ1) is 14.1. The van der Waals surface area contributed by atoms with Crippen molar-refractivity contribution in [2.24, 2.45) is 11.7 Å². The predicted molar refractivity (Wildman–Crippen MR) is 110 cm³/mol. The van der Waals surface area contributed by atoms with Crippen LogP contribution in [0.1, 0.15) is 30.4 Å². The largest absolute Gasteiger partial charge is 0.834 e. The first-order valence-corrected chi connectivity index (χ1v) is 10.7. The van der Waals surface area contributed by atoms with Crippen molar-refractivity contribution in [3.8, 4) is 0 Å². The second-order valence-corrected chi connectivity index (χ2v) is 8.53. The lowest BCUT2D eigenvalue weighted by Gasteiger charge is -2.53. The number of nitrogens with two attached hydrogens (primary N) is 1. The zero-order valence-electron chi connectivity index (χ0n) is 16.8. The number of hydrogen-bond donors (Lipinski definition) is 1. The van der Waals surface area contributed by atoms with Gasteiger partial charge in [0, 0.05) is 30.8 Å². The van der Waals surface area contributed by atoms with Gasteiger partial charge in [-0.25, -0.2) is 0 Å². The molecule has 0 amide bonds. The summed E-state index contributed by atoms with van der Waals surface area (Å²) in [5.74, 6) is -0.335. The van der Waals surface area contributed by atoms with Gasteiger partial charge in [0.25, 0.3) is 0 Å². The second kappa shape index (κ2) is 8.27. The number of ether oxygens (including phenoxy) is 1. The Morgan fingerprint density at radius 3 is 2.10 bits per heavy atom. The van der Waals surface area contributed by atoms with Crippen molar-refractivity contribution in [2.75, 3.05) is 32.7 Å². The third-order valence-corrected chi connectivity index (χ3v) is 6.78.